The van der Waals surface area contributed by atoms with E-state index >= 15 is 0 Å². The number of fused-ring (bicyclic) bond motifs is 1. The van der Waals surface area contributed by atoms with Gasteiger partial charge in [0.15, 0.2) is 23.1 Å². The number of nitrogens with one attached hydrogen (secondary N) is 1. The van der Waals surface area contributed by atoms with E-state index in [1.165, 1.54) is 12.1 Å². The number of nitro benzene ring substituents is 1. The number of anilines is 1. The molecule has 180 valence electrons. The first kappa shape index (κ1) is 22.6. The maximum atomic E-state index is 13.3. The Hall–Kier alpha value is -4.21. The van der Waals surface area contributed by atoms with Crippen molar-refractivity contribution in [1.82, 2.24) is 14.8 Å². The van der Waals surface area contributed by atoms with E-state index in [1.807, 2.05) is 6.07 Å². The van der Waals surface area contributed by atoms with Crippen molar-refractivity contribution in [3.8, 4) is 22.9 Å². The van der Waals surface area contributed by atoms with E-state index in [-0.39, 0.29) is 16.9 Å². The summed E-state index contributed by atoms with van der Waals surface area (Å²) < 4.78 is 12.4. The Morgan fingerprint density at radius 1 is 1.09 bits per heavy atom. The quantitative estimate of drug-likeness (QED) is 0.422. The summed E-state index contributed by atoms with van der Waals surface area (Å²) in [6.45, 7) is 4.12. The summed E-state index contributed by atoms with van der Waals surface area (Å²) in [7, 11) is 3.13. The van der Waals surface area contributed by atoms with Gasteiger partial charge in [0, 0.05) is 35.4 Å². The van der Waals surface area contributed by atoms with Gasteiger partial charge in [-0.25, -0.2) is 4.68 Å². The Balaban J connectivity index is 1.65. The number of carbonyl (C=O) groups excluding carboxylic acids is 1. The summed E-state index contributed by atoms with van der Waals surface area (Å²) in [5.74, 6) is 2.12. The van der Waals surface area contributed by atoms with Crippen LogP contribution in [0.3, 0.4) is 0 Å². The predicted octanol–water partition coefficient (Wildman–Crippen LogP) is 4.53. The van der Waals surface area contributed by atoms with Crippen LogP contribution in [0.1, 0.15) is 38.3 Å². The lowest BCUT2D eigenvalue weighted by Gasteiger charge is -2.38. The van der Waals surface area contributed by atoms with E-state index in [1.54, 1.807) is 43.2 Å². The van der Waals surface area contributed by atoms with Gasteiger partial charge in [-0.05, 0) is 47.7 Å². The van der Waals surface area contributed by atoms with E-state index in [0.29, 0.717) is 41.7 Å². The van der Waals surface area contributed by atoms with Crippen molar-refractivity contribution in [1.29, 1.82) is 0 Å². The van der Waals surface area contributed by atoms with E-state index in [2.05, 4.69) is 19.2 Å². The standard InChI is InChI=1S/C25H25N5O5/c1-25(2)12-17-21(18(31)13-25)22(14-5-8-16(9-6-14)30(32)33)29-24(26-17)27-23(28-29)15-7-10-19(34-3)20(11-15)35-4/h5-11,22H,12-13H2,1-4H3,(H,26,27,28). The van der Waals surface area contributed by atoms with Crippen molar-refractivity contribution in [3.05, 3.63) is 69.4 Å². The fraction of sp³-hybridized carbons (Fsp3) is 0.320. The highest BCUT2D eigenvalue weighted by Gasteiger charge is 2.42. The molecule has 2 aromatic carbocycles. The number of nitro groups is 1. The molecule has 5 rings (SSSR count). The average molecular weight is 476 g/mol. The summed E-state index contributed by atoms with van der Waals surface area (Å²) >= 11 is 0. The second-order valence-electron chi connectivity index (χ2n) is 9.48. The molecule has 0 saturated heterocycles. The summed E-state index contributed by atoms with van der Waals surface area (Å²) in [6, 6.07) is 11.1. The van der Waals surface area contributed by atoms with Crippen molar-refractivity contribution in [2.45, 2.75) is 32.7 Å². The molecule has 1 aliphatic heterocycles. The zero-order chi connectivity index (χ0) is 24.9. The third kappa shape index (κ3) is 3.90. The maximum Gasteiger partial charge on any atom is 0.269 e. The molecular weight excluding hydrogens is 450 g/mol. The van der Waals surface area contributed by atoms with Crippen molar-refractivity contribution in [3.63, 3.8) is 0 Å². The van der Waals surface area contributed by atoms with Gasteiger partial charge < -0.3 is 14.8 Å². The van der Waals surface area contributed by atoms with Crippen molar-refractivity contribution in [2.75, 3.05) is 19.5 Å². The number of carbonyl (C=O) groups is 1. The maximum absolute atomic E-state index is 13.3. The molecule has 0 fully saturated rings. The third-order valence-electron chi connectivity index (χ3n) is 6.39. The second kappa shape index (κ2) is 8.23. The fourth-order valence-corrected chi connectivity index (χ4v) is 4.79. The van der Waals surface area contributed by atoms with Crippen molar-refractivity contribution >= 4 is 17.4 Å². The van der Waals surface area contributed by atoms with E-state index < -0.39 is 11.0 Å². The first-order valence-electron chi connectivity index (χ1n) is 11.2. The van der Waals surface area contributed by atoms with Crippen LogP contribution in [0.25, 0.3) is 11.4 Å². The van der Waals surface area contributed by atoms with Crippen LogP contribution in [0.2, 0.25) is 0 Å². The van der Waals surface area contributed by atoms with E-state index in [9.17, 15) is 14.9 Å². The number of ketones is 1. The minimum atomic E-state index is -0.549. The minimum absolute atomic E-state index is 0.0159. The van der Waals surface area contributed by atoms with Crippen LogP contribution in [0.15, 0.2) is 53.7 Å². The van der Waals surface area contributed by atoms with Gasteiger partial charge in [0.2, 0.25) is 5.95 Å². The fourth-order valence-electron chi connectivity index (χ4n) is 4.79. The monoisotopic (exact) mass is 475 g/mol. The number of aromatic nitrogens is 3. The topological polar surface area (TPSA) is 121 Å². The van der Waals surface area contributed by atoms with Crippen molar-refractivity contribution < 1.29 is 19.2 Å². The number of methoxy groups -OCH3 is 2. The van der Waals surface area contributed by atoms with Gasteiger partial charge in [0.25, 0.3) is 5.69 Å². The highest BCUT2D eigenvalue weighted by Crippen LogP contribution is 2.46. The SMILES string of the molecule is COc1ccc(-c2nc3n(n2)C(c2ccc([N+](=O)[O-])cc2)C2=C(CC(C)(C)CC2=O)N3)cc1OC. The number of non-ortho nitro benzene ring substituents is 1. The molecular formula is C25H25N5O5. The molecule has 1 atom stereocenters. The number of Topliss-reactive ketones (excluding diaryl/α,β-unsaturated/α-hetero) is 1. The summed E-state index contributed by atoms with van der Waals surface area (Å²) in [5, 5.41) is 19.3. The molecule has 35 heavy (non-hydrogen) atoms. The summed E-state index contributed by atoms with van der Waals surface area (Å²) in [6.07, 6.45) is 1.08. The van der Waals surface area contributed by atoms with Crippen LogP contribution in [0.5, 0.6) is 11.5 Å². The van der Waals surface area contributed by atoms with Gasteiger partial charge >= 0.3 is 0 Å². The molecule has 2 aliphatic rings. The zero-order valence-corrected chi connectivity index (χ0v) is 19.9. The highest BCUT2D eigenvalue weighted by molar-refractivity contribution is 6.00. The number of hydrogen-bond donors (Lipinski definition) is 1. The summed E-state index contributed by atoms with van der Waals surface area (Å²) in [4.78, 5) is 28.8. The first-order valence-corrected chi connectivity index (χ1v) is 11.2. The predicted molar refractivity (Wildman–Crippen MR) is 128 cm³/mol. The van der Waals surface area contributed by atoms with Crippen LogP contribution < -0.4 is 14.8 Å². The van der Waals surface area contributed by atoms with Crippen LogP contribution in [-0.4, -0.2) is 39.7 Å². The van der Waals surface area contributed by atoms with Gasteiger partial charge in [-0.2, -0.15) is 4.98 Å². The number of hydrogen-bond acceptors (Lipinski definition) is 8. The highest BCUT2D eigenvalue weighted by atomic mass is 16.6. The minimum Gasteiger partial charge on any atom is -0.493 e. The van der Waals surface area contributed by atoms with Crippen LogP contribution in [0.4, 0.5) is 11.6 Å². The smallest absolute Gasteiger partial charge is 0.269 e. The Morgan fingerprint density at radius 3 is 2.46 bits per heavy atom. The van der Waals surface area contributed by atoms with Crippen LogP contribution in [0, 0.1) is 15.5 Å². The van der Waals surface area contributed by atoms with Gasteiger partial charge in [-0.3, -0.25) is 14.9 Å². The molecule has 0 saturated carbocycles. The molecule has 1 aliphatic carbocycles. The third-order valence-corrected chi connectivity index (χ3v) is 6.39. The Bertz CT molecular complexity index is 1370. The average Bonchev–Trinajstić information content (AvgIpc) is 3.25. The van der Waals surface area contributed by atoms with Crippen LogP contribution in [-0.2, 0) is 4.79 Å². The molecule has 2 heterocycles. The lowest BCUT2D eigenvalue weighted by molar-refractivity contribution is -0.384. The molecule has 10 nitrogen and oxygen atoms in total. The molecule has 1 unspecified atom stereocenters. The largest absolute Gasteiger partial charge is 0.493 e. The number of nitrogens with zero attached hydrogens (tertiary/aromatic N) is 4. The molecule has 0 radical (unpaired) electrons. The molecule has 3 aromatic rings. The molecule has 1 N–H and O–H groups in total. The van der Waals surface area contributed by atoms with Crippen molar-refractivity contribution in [2.24, 2.45) is 5.41 Å². The van der Waals surface area contributed by atoms with Gasteiger partial charge in [0.1, 0.15) is 6.04 Å². The molecule has 0 spiro atoms. The van der Waals surface area contributed by atoms with Gasteiger partial charge in [-0.15, -0.1) is 5.10 Å². The lowest BCUT2D eigenvalue weighted by Crippen LogP contribution is -2.36. The number of ether oxygens (including phenoxy) is 2. The van der Waals surface area contributed by atoms with E-state index in [4.69, 9.17) is 19.6 Å². The van der Waals surface area contributed by atoms with E-state index in [0.717, 1.165) is 16.8 Å². The summed E-state index contributed by atoms with van der Waals surface area (Å²) in [5.41, 5.74) is 2.67. The first-order chi connectivity index (χ1) is 16.7. The molecule has 0 amide bonds. The molecule has 1 aromatic heterocycles. The Kier molecular flexibility index (Phi) is 5.31. The molecule has 0 bridgehead atoms. The lowest BCUT2D eigenvalue weighted by atomic mass is 9.73. The second-order valence-corrected chi connectivity index (χ2v) is 9.48. The zero-order valence-electron chi connectivity index (χ0n) is 19.9. The number of allylic oxidation sites excluding steroid dienone is 2. The van der Waals surface area contributed by atoms with Crippen LogP contribution >= 0.6 is 0 Å². The molecule has 10 heteroatoms. The number of rotatable bonds is 5. The van der Waals surface area contributed by atoms with Gasteiger partial charge in [0.05, 0.1) is 19.1 Å². The Labute approximate surface area is 201 Å². The Morgan fingerprint density at radius 2 is 1.80 bits per heavy atom. The van der Waals surface area contributed by atoms with Gasteiger partial charge in [-0.1, -0.05) is 13.8 Å². The normalized spacial score (nSPS) is 18.4. The number of benzene rings is 2.